The molecule has 0 atom stereocenters. The molecular formula is C19H24N4O2S. The van der Waals surface area contributed by atoms with Crippen LogP contribution in [0.25, 0.3) is 11.4 Å². The summed E-state index contributed by atoms with van der Waals surface area (Å²) in [7, 11) is 1.93. The Morgan fingerprint density at radius 2 is 1.92 bits per heavy atom. The van der Waals surface area contributed by atoms with Gasteiger partial charge < -0.3 is 14.6 Å². The van der Waals surface area contributed by atoms with E-state index < -0.39 is 0 Å². The van der Waals surface area contributed by atoms with Gasteiger partial charge in [-0.25, -0.2) is 0 Å². The Labute approximate surface area is 157 Å². The fraction of sp³-hybridized carbons (Fsp3) is 0.526. The maximum absolute atomic E-state index is 11.8. The summed E-state index contributed by atoms with van der Waals surface area (Å²) >= 11 is 1.42. The standard InChI is InChI=1S/C19H24N4O2S/c1-23-18(21-22-19(23)26-12-17(24)20-14-8-9-14)13-6-10-16(11-7-13)25-15-4-2-3-5-15/h6-7,10-11,14-15H,2-5,8-9,12H2,1H3,(H,20,24). The molecule has 7 heteroatoms. The van der Waals surface area contributed by atoms with E-state index in [4.69, 9.17) is 4.74 Å². The molecule has 0 radical (unpaired) electrons. The van der Waals surface area contributed by atoms with Crippen LogP contribution >= 0.6 is 11.8 Å². The molecule has 0 bridgehead atoms. The minimum Gasteiger partial charge on any atom is -0.490 e. The SMILES string of the molecule is Cn1c(SCC(=O)NC2CC2)nnc1-c1ccc(OC2CCCC2)cc1. The van der Waals surface area contributed by atoms with Crippen LogP contribution in [0.1, 0.15) is 38.5 Å². The molecule has 0 saturated heterocycles. The summed E-state index contributed by atoms with van der Waals surface area (Å²) < 4.78 is 7.94. The second-order valence-electron chi connectivity index (χ2n) is 7.04. The average molecular weight is 372 g/mol. The zero-order valence-electron chi connectivity index (χ0n) is 15.0. The van der Waals surface area contributed by atoms with E-state index >= 15 is 0 Å². The van der Waals surface area contributed by atoms with Crippen molar-refractivity contribution in [2.75, 3.05) is 5.75 Å². The number of amides is 1. The normalized spacial score (nSPS) is 17.4. The lowest BCUT2D eigenvalue weighted by atomic mass is 10.2. The van der Waals surface area contributed by atoms with Crippen molar-refractivity contribution in [3.63, 3.8) is 0 Å². The molecule has 1 aromatic carbocycles. The third kappa shape index (κ3) is 4.20. The fourth-order valence-corrected chi connectivity index (χ4v) is 3.92. The van der Waals surface area contributed by atoms with E-state index in [0.717, 1.165) is 48.0 Å². The van der Waals surface area contributed by atoms with Crippen molar-refractivity contribution in [3.8, 4) is 17.1 Å². The number of hydrogen-bond acceptors (Lipinski definition) is 5. The van der Waals surface area contributed by atoms with Crippen LogP contribution in [-0.2, 0) is 11.8 Å². The van der Waals surface area contributed by atoms with E-state index in [1.807, 2.05) is 35.9 Å². The molecule has 2 aliphatic rings. The second kappa shape index (κ2) is 7.70. The number of nitrogens with one attached hydrogen (secondary N) is 1. The summed E-state index contributed by atoms with van der Waals surface area (Å²) in [6.07, 6.45) is 7.40. The summed E-state index contributed by atoms with van der Waals surface area (Å²) in [4.78, 5) is 11.8. The number of aromatic nitrogens is 3. The third-order valence-corrected chi connectivity index (χ3v) is 5.85. The van der Waals surface area contributed by atoms with E-state index in [1.54, 1.807) is 0 Å². The predicted octanol–water partition coefficient (Wildman–Crippen LogP) is 3.17. The summed E-state index contributed by atoms with van der Waals surface area (Å²) in [5.74, 6) is 2.14. The van der Waals surface area contributed by atoms with E-state index in [1.165, 1.54) is 24.6 Å². The molecule has 0 spiro atoms. The Balaban J connectivity index is 1.37. The van der Waals surface area contributed by atoms with Gasteiger partial charge in [0.05, 0.1) is 11.9 Å². The monoisotopic (exact) mass is 372 g/mol. The van der Waals surface area contributed by atoms with Crippen molar-refractivity contribution in [1.29, 1.82) is 0 Å². The molecule has 4 rings (SSSR count). The molecule has 138 valence electrons. The Hall–Kier alpha value is -2.02. The van der Waals surface area contributed by atoms with Crippen LogP contribution in [0, 0.1) is 0 Å². The summed E-state index contributed by atoms with van der Waals surface area (Å²) in [5.41, 5.74) is 0.994. The second-order valence-corrected chi connectivity index (χ2v) is 7.99. The molecule has 1 amide bonds. The van der Waals surface area contributed by atoms with E-state index in [9.17, 15) is 4.79 Å². The van der Waals surface area contributed by atoms with E-state index in [2.05, 4.69) is 15.5 Å². The molecule has 6 nitrogen and oxygen atoms in total. The number of ether oxygens (including phenoxy) is 1. The number of benzene rings is 1. The average Bonchev–Trinajstić information content (AvgIpc) is 3.15. The predicted molar refractivity (Wildman–Crippen MR) is 101 cm³/mol. The summed E-state index contributed by atoms with van der Waals surface area (Å²) in [6.45, 7) is 0. The molecule has 2 aliphatic carbocycles. The minimum absolute atomic E-state index is 0.0652. The Morgan fingerprint density at radius 3 is 2.62 bits per heavy atom. The lowest BCUT2D eigenvalue weighted by Crippen LogP contribution is -2.27. The van der Waals surface area contributed by atoms with Crippen LogP contribution in [0.2, 0.25) is 0 Å². The maximum atomic E-state index is 11.8. The molecule has 1 N–H and O–H groups in total. The highest BCUT2D eigenvalue weighted by atomic mass is 32.2. The topological polar surface area (TPSA) is 69.0 Å². The molecule has 2 fully saturated rings. The smallest absolute Gasteiger partial charge is 0.230 e. The van der Waals surface area contributed by atoms with Crippen LogP contribution in [0.5, 0.6) is 5.75 Å². The van der Waals surface area contributed by atoms with Gasteiger partial charge in [-0.15, -0.1) is 10.2 Å². The highest BCUT2D eigenvalue weighted by Gasteiger charge is 2.23. The highest BCUT2D eigenvalue weighted by Crippen LogP contribution is 2.27. The molecule has 2 aromatic rings. The minimum atomic E-state index is 0.0652. The quantitative estimate of drug-likeness (QED) is 0.756. The first kappa shape index (κ1) is 17.4. The fourth-order valence-electron chi connectivity index (χ4n) is 3.20. The lowest BCUT2D eigenvalue weighted by Gasteiger charge is -2.13. The molecule has 1 heterocycles. The first-order valence-electron chi connectivity index (χ1n) is 9.27. The first-order valence-corrected chi connectivity index (χ1v) is 10.3. The number of thioether (sulfide) groups is 1. The molecular weight excluding hydrogens is 348 g/mol. The number of carbonyl (C=O) groups excluding carboxylic acids is 1. The van der Waals surface area contributed by atoms with Gasteiger partial charge in [0.1, 0.15) is 5.75 Å². The van der Waals surface area contributed by atoms with Crippen LogP contribution in [0.15, 0.2) is 29.4 Å². The first-order chi connectivity index (χ1) is 12.7. The van der Waals surface area contributed by atoms with Crippen molar-refractivity contribution in [3.05, 3.63) is 24.3 Å². The van der Waals surface area contributed by atoms with Crippen LogP contribution in [0.3, 0.4) is 0 Å². The van der Waals surface area contributed by atoms with Gasteiger partial charge in [0.2, 0.25) is 5.91 Å². The maximum Gasteiger partial charge on any atom is 0.230 e. The van der Waals surface area contributed by atoms with Gasteiger partial charge in [-0.05, 0) is 62.8 Å². The van der Waals surface area contributed by atoms with Crippen LogP contribution in [-0.4, -0.2) is 38.6 Å². The number of nitrogens with zero attached hydrogens (tertiary/aromatic N) is 3. The highest BCUT2D eigenvalue weighted by molar-refractivity contribution is 7.99. The zero-order chi connectivity index (χ0) is 17.9. The van der Waals surface area contributed by atoms with Gasteiger partial charge in [-0.3, -0.25) is 4.79 Å². The Kier molecular flexibility index (Phi) is 5.15. The Morgan fingerprint density at radius 1 is 1.19 bits per heavy atom. The lowest BCUT2D eigenvalue weighted by molar-refractivity contribution is -0.118. The van der Waals surface area contributed by atoms with E-state index in [0.29, 0.717) is 17.9 Å². The number of rotatable bonds is 7. The van der Waals surface area contributed by atoms with Crippen molar-refractivity contribution >= 4 is 17.7 Å². The van der Waals surface area contributed by atoms with Crippen molar-refractivity contribution < 1.29 is 9.53 Å². The zero-order valence-corrected chi connectivity index (χ0v) is 15.8. The third-order valence-electron chi connectivity index (χ3n) is 4.83. The van der Waals surface area contributed by atoms with Crippen molar-refractivity contribution in [1.82, 2.24) is 20.1 Å². The molecule has 2 saturated carbocycles. The van der Waals surface area contributed by atoms with Gasteiger partial charge in [-0.1, -0.05) is 11.8 Å². The summed E-state index contributed by atoms with van der Waals surface area (Å²) in [5, 5.41) is 12.3. The Bertz CT molecular complexity index is 764. The van der Waals surface area contributed by atoms with Gasteiger partial charge in [-0.2, -0.15) is 0 Å². The van der Waals surface area contributed by atoms with Gasteiger partial charge in [0.25, 0.3) is 0 Å². The van der Waals surface area contributed by atoms with Crippen LogP contribution < -0.4 is 10.1 Å². The molecule has 0 unspecified atom stereocenters. The van der Waals surface area contributed by atoms with Gasteiger partial charge in [0, 0.05) is 18.7 Å². The van der Waals surface area contributed by atoms with Crippen LogP contribution in [0.4, 0.5) is 0 Å². The van der Waals surface area contributed by atoms with Crippen molar-refractivity contribution in [2.24, 2.45) is 7.05 Å². The van der Waals surface area contributed by atoms with Gasteiger partial charge >= 0.3 is 0 Å². The largest absolute Gasteiger partial charge is 0.490 e. The number of carbonyl (C=O) groups is 1. The van der Waals surface area contributed by atoms with E-state index in [-0.39, 0.29) is 5.91 Å². The number of hydrogen-bond donors (Lipinski definition) is 1. The van der Waals surface area contributed by atoms with Crippen molar-refractivity contribution in [2.45, 2.75) is 55.8 Å². The summed E-state index contributed by atoms with van der Waals surface area (Å²) in [6, 6.07) is 8.42. The molecule has 26 heavy (non-hydrogen) atoms. The molecule has 0 aliphatic heterocycles. The molecule has 1 aromatic heterocycles. The van der Waals surface area contributed by atoms with Gasteiger partial charge in [0.15, 0.2) is 11.0 Å².